The van der Waals surface area contributed by atoms with E-state index in [0.717, 1.165) is 0 Å². The van der Waals surface area contributed by atoms with Crippen molar-refractivity contribution in [1.82, 2.24) is 0 Å². The number of aliphatic hydroxyl groups is 1. The average Bonchev–Trinajstić information content (AvgIpc) is 2.76. The van der Waals surface area contributed by atoms with Crippen LogP contribution in [0.4, 0.5) is 5.69 Å². The molecule has 2 rings (SSSR count). The third-order valence-corrected chi connectivity index (χ3v) is 3.29. The molecule has 1 atom stereocenters. The molecule has 1 aliphatic heterocycles. The van der Waals surface area contributed by atoms with Crippen LogP contribution in [0.1, 0.15) is 6.42 Å². The third-order valence-electron chi connectivity index (χ3n) is 2.75. The molecule has 0 aliphatic carbocycles. The molecule has 0 saturated heterocycles. The van der Waals surface area contributed by atoms with Gasteiger partial charge in [-0.2, -0.15) is 0 Å². The Morgan fingerprint density at radius 1 is 1.45 bits per heavy atom. The minimum Gasteiger partial charge on any atom is -0.493 e. The lowest BCUT2D eigenvalue weighted by Gasteiger charge is -2.18. The summed E-state index contributed by atoms with van der Waals surface area (Å²) in [6, 6.07) is 4.91. The summed E-state index contributed by atoms with van der Waals surface area (Å²) in [5.41, 5.74) is 0.503. The summed E-state index contributed by atoms with van der Waals surface area (Å²) in [4.78, 5) is 12.3. The van der Waals surface area contributed by atoms with Crippen LogP contribution in [0.2, 0.25) is 0 Å². The normalized spacial score (nSPS) is 16.9. The Bertz CT molecular complexity index is 551. The number of hydrogen-bond donors (Lipinski definition) is 2. The Balaban J connectivity index is 2.20. The van der Waals surface area contributed by atoms with Crippen LogP contribution in [-0.4, -0.2) is 45.1 Å². The summed E-state index contributed by atoms with van der Waals surface area (Å²) in [7, 11) is -2.68. The van der Waals surface area contributed by atoms with Crippen molar-refractivity contribution < 1.29 is 27.8 Å². The van der Waals surface area contributed by atoms with E-state index < -0.39 is 16.9 Å². The summed E-state index contributed by atoms with van der Waals surface area (Å²) < 4.78 is 32.5. The van der Waals surface area contributed by atoms with Crippen LogP contribution in [0, 0.1) is 0 Å². The van der Waals surface area contributed by atoms with Crippen LogP contribution in [-0.2, 0) is 15.5 Å². The molecule has 0 spiro atoms. The lowest BCUT2D eigenvalue weighted by atomic mass is 10.2. The van der Waals surface area contributed by atoms with Gasteiger partial charge in [0.05, 0.1) is 12.3 Å². The van der Waals surface area contributed by atoms with Crippen LogP contribution < -0.4 is 14.4 Å². The number of benzene rings is 1. The zero-order chi connectivity index (χ0) is 14.5. The maximum Gasteiger partial charge on any atom is 0.229 e. The second-order valence-corrected chi connectivity index (χ2v) is 5.09. The third kappa shape index (κ3) is 3.20. The van der Waals surface area contributed by atoms with E-state index in [9.17, 15) is 13.2 Å². The minimum atomic E-state index is -2.68. The highest BCUT2D eigenvalue weighted by Crippen LogP contribution is 2.39. The Labute approximate surface area is 117 Å². The van der Waals surface area contributed by atoms with Gasteiger partial charge in [-0.05, 0) is 12.1 Å². The van der Waals surface area contributed by atoms with Crippen molar-refractivity contribution >= 4 is 22.7 Å². The topological polar surface area (TPSA) is 93.1 Å². The molecule has 0 radical (unpaired) electrons. The number of aldehydes is 1. The number of fused-ring (bicyclic) bond motifs is 1. The smallest absolute Gasteiger partial charge is 0.229 e. The molecular formula is C12H15NO6S. The molecular weight excluding hydrogens is 286 g/mol. The number of nitrogens with zero attached hydrogens (tertiary/aromatic N) is 1. The highest BCUT2D eigenvalue weighted by molar-refractivity contribution is 7.72. The van der Waals surface area contributed by atoms with Crippen LogP contribution in [0.15, 0.2) is 18.2 Å². The largest absolute Gasteiger partial charge is 0.493 e. The minimum absolute atomic E-state index is 0.0318. The van der Waals surface area contributed by atoms with Crippen molar-refractivity contribution in [3.05, 3.63) is 18.2 Å². The first kappa shape index (κ1) is 14.6. The van der Waals surface area contributed by atoms with Gasteiger partial charge < -0.3 is 19.5 Å². The standard InChI is InChI=1S/C12H15NO6S/c14-4-1-5-18-9-2-3-11-10(6-9)13(8-20(16)17)12(7-15)19-11/h2-3,6-7,12,14,20H,1,4-5,8H2. The fraction of sp³-hybridized carbons (Fsp3) is 0.417. The Morgan fingerprint density at radius 2 is 2.25 bits per heavy atom. The molecule has 110 valence electrons. The first-order valence-electron chi connectivity index (χ1n) is 6.04. The van der Waals surface area contributed by atoms with Gasteiger partial charge in [0.25, 0.3) is 0 Å². The monoisotopic (exact) mass is 301 g/mol. The van der Waals surface area contributed by atoms with E-state index in [1.165, 1.54) is 4.90 Å². The summed E-state index contributed by atoms with van der Waals surface area (Å²) >= 11 is 0. The number of ether oxygens (including phenoxy) is 2. The molecule has 1 aromatic carbocycles. The predicted molar refractivity (Wildman–Crippen MR) is 71.8 cm³/mol. The SMILES string of the molecule is O=CC1Oc2ccc(OCCCO)cc2N1C[SH](=O)=O. The molecule has 0 fully saturated rings. The molecule has 1 unspecified atom stereocenters. The average molecular weight is 301 g/mol. The van der Waals surface area contributed by atoms with Crippen LogP contribution in [0.5, 0.6) is 11.5 Å². The van der Waals surface area contributed by atoms with Gasteiger partial charge in [-0.3, -0.25) is 4.79 Å². The number of hydrogen-bond acceptors (Lipinski definition) is 7. The second kappa shape index (κ2) is 6.58. The fourth-order valence-corrected chi connectivity index (χ4v) is 2.44. The lowest BCUT2D eigenvalue weighted by Crippen LogP contribution is -2.37. The zero-order valence-electron chi connectivity index (χ0n) is 10.6. The fourth-order valence-electron chi connectivity index (χ4n) is 1.88. The number of aliphatic hydroxyl groups excluding tert-OH is 1. The van der Waals surface area contributed by atoms with Gasteiger partial charge in [-0.25, -0.2) is 8.42 Å². The van der Waals surface area contributed by atoms with Crippen molar-refractivity contribution in [3.8, 4) is 11.5 Å². The quantitative estimate of drug-likeness (QED) is 0.407. The van der Waals surface area contributed by atoms with E-state index in [-0.39, 0.29) is 12.5 Å². The summed E-state index contributed by atoms with van der Waals surface area (Å²) in [5, 5.41) is 8.69. The van der Waals surface area contributed by atoms with E-state index >= 15 is 0 Å². The molecule has 7 nitrogen and oxygen atoms in total. The molecule has 0 amide bonds. The molecule has 8 heteroatoms. The highest BCUT2D eigenvalue weighted by Gasteiger charge is 2.31. The van der Waals surface area contributed by atoms with Gasteiger partial charge in [0.15, 0.2) is 17.0 Å². The van der Waals surface area contributed by atoms with Crippen LogP contribution in [0.25, 0.3) is 0 Å². The van der Waals surface area contributed by atoms with Crippen LogP contribution >= 0.6 is 0 Å². The van der Waals surface area contributed by atoms with E-state index in [2.05, 4.69) is 0 Å². The number of rotatable bonds is 7. The lowest BCUT2D eigenvalue weighted by molar-refractivity contribution is -0.113. The van der Waals surface area contributed by atoms with Crippen molar-refractivity contribution in [3.63, 3.8) is 0 Å². The Hall–Kier alpha value is -1.80. The van der Waals surface area contributed by atoms with Gasteiger partial charge in [-0.1, -0.05) is 0 Å². The second-order valence-electron chi connectivity index (χ2n) is 4.14. The molecule has 0 saturated carbocycles. The van der Waals surface area contributed by atoms with Gasteiger partial charge in [0.1, 0.15) is 17.4 Å². The van der Waals surface area contributed by atoms with Crippen molar-refractivity contribution in [2.24, 2.45) is 0 Å². The van der Waals surface area contributed by atoms with E-state index in [0.29, 0.717) is 36.5 Å². The first-order valence-corrected chi connectivity index (χ1v) is 7.40. The first-order chi connectivity index (χ1) is 9.65. The molecule has 1 heterocycles. The molecule has 1 aromatic rings. The molecule has 1 aliphatic rings. The van der Waals surface area contributed by atoms with Crippen molar-refractivity contribution in [1.29, 1.82) is 0 Å². The highest BCUT2D eigenvalue weighted by atomic mass is 32.2. The molecule has 20 heavy (non-hydrogen) atoms. The van der Waals surface area contributed by atoms with Crippen LogP contribution in [0.3, 0.4) is 0 Å². The Kier molecular flexibility index (Phi) is 4.80. The summed E-state index contributed by atoms with van der Waals surface area (Å²) in [6.45, 7) is 0.382. The number of carbonyl (C=O) groups excluding carboxylic acids is 1. The number of thiol groups is 1. The molecule has 0 bridgehead atoms. The van der Waals surface area contributed by atoms with Crippen molar-refractivity contribution in [2.75, 3.05) is 24.0 Å². The van der Waals surface area contributed by atoms with E-state index in [1.807, 2.05) is 0 Å². The number of carbonyl (C=O) groups is 1. The maximum absolute atomic E-state index is 10.9. The summed E-state index contributed by atoms with van der Waals surface area (Å²) in [5.74, 6) is 0.665. The van der Waals surface area contributed by atoms with E-state index in [1.54, 1.807) is 18.2 Å². The van der Waals surface area contributed by atoms with Gasteiger partial charge in [0, 0.05) is 19.1 Å². The zero-order valence-corrected chi connectivity index (χ0v) is 11.5. The summed E-state index contributed by atoms with van der Waals surface area (Å²) in [6.07, 6.45) is 0.108. The maximum atomic E-state index is 10.9. The molecule has 0 aromatic heterocycles. The van der Waals surface area contributed by atoms with Gasteiger partial charge in [-0.15, -0.1) is 0 Å². The Morgan fingerprint density at radius 3 is 2.90 bits per heavy atom. The van der Waals surface area contributed by atoms with Crippen molar-refractivity contribution in [2.45, 2.75) is 12.6 Å². The predicted octanol–water partition coefficient (Wildman–Crippen LogP) is -0.259. The van der Waals surface area contributed by atoms with E-state index in [4.69, 9.17) is 14.6 Å². The molecule has 1 N–H and O–H groups in total. The number of anilines is 1. The van der Waals surface area contributed by atoms with Gasteiger partial charge in [0.2, 0.25) is 6.23 Å². The van der Waals surface area contributed by atoms with Gasteiger partial charge >= 0.3 is 0 Å².